The lowest BCUT2D eigenvalue weighted by molar-refractivity contribution is 0.0963. The minimum atomic E-state index is -0.0298. The molecule has 1 aliphatic rings. The summed E-state index contributed by atoms with van der Waals surface area (Å²) in [5.74, 6) is 1.33. The summed E-state index contributed by atoms with van der Waals surface area (Å²) in [5, 5.41) is 6.37. The van der Waals surface area contributed by atoms with Crippen molar-refractivity contribution in [1.29, 1.82) is 0 Å². The van der Waals surface area contributed by atoms with Crippen LogP contribution >= 0.6 is 0 Å². The molecule has 2 atom stereocenters. The molecule has 20 heavy (non-hydrogen) atoms. The SMILES string of the molecule is CNC(=O)c1ccc(C)c(NC2C(C)CCCC2C)c1. The lowest BCUT2D eigenvalue weighted by Gasteiger charge is -2.36. The van der Waals surface area contributed by atoms with Crippen LogP contribution in [0.4, 0.5) is 5.69 Å². The van der Waals surface area contributed by atoms with Gasteiger partial charge < -0.3 is 10.6 Å². The van der Waals surface area contributed by atoms with Gasteiger partial charge in [0.05, 0.1) is 0 Å². The van der Waals surface area contributed by atoms with Gasteiger partial charge in [0.2, 0.25) is 0 Å². The number of hydrogen-bond donors (Lipinski definition) is 2. The van der Waals surface area contributed by atoms with Crippen molar-refractivity contribution in [3.63, 3.8) is 0 Å². The number of rotatable bonds is 3. The molecule has 1 saturated carbocycles. The zero-order valence-corrected chi connectivity index (χ0v) is 13.0. The van der Waals surface area contributed by atoms with E-state index in [-0.39, 0.29) is 5.91 Å². The Morgan fingerprint density at radius 2 is 1.85 bits per heavy atom. The smallest absolute Gasteiger partial charge is 0.251 e. The first-order chi connectivity index (χ1) is 9.52. The Morgan fingerprint density at radius 3 is 2.45 bits per heavy atom. The highest BCUT2D eigenvalue weighted by Gasteiger charge is 2.27. The minimum Gasteiger partial charge on any atom is -0.382 e. The topological polar surface area (TPSA) is 41.1 Å². The summed E-state index contributed by atoms with van der Waals surface area (Å²) < 4.78 is 0. The maximum Gasteiger partial charge on any atom is 0.251 e. The van der Waals surface area contributed by atoms with Gasteiger partial charge in [-0.1, -0.05) is 26.3 Å². The molecule has 1 aromatic carbocycles. The van der Waals surface area contributed by atoms with Gasteiger partial charge in [-0.15, -0.1) is 0 Å². The third-order valence-corrected chi connectivity index (χ3v) is 4.59. The van der Waals surface area contributed by atoms with Crippen LogP contribution in [0.3, 0.4) is 0 Å². The summed E-state index contributed by atoms with van der Waals surface area (Å²) in [6.45, 7) is 6.74. The van der Waals surface area contributed by atoms with E-state index in [1.54, 1.807) is 7.05 Å². The monoisotopic (exact) mass is 274 g/mol. The average molecular weight is 274 g/mol. The van der Waals surface area contributed by atoms with Gasteiger partial charge in [-0.2, -0.15) is 0 Å². The number of carbonyl (C=O) groups is 1. The lowest BCUT2D eigenvalue weighted by Crippen LogP contribution is -2.37. The highest BCUT2D eigenvalue weighted by molar-refractivity contribution is 5.95. The number of nitrogens with one attached hydrogen (secondary N) is 2. The van der Waals surface area contributed by atoms with Gasteiger partial charge in [0, 0.05) is 24.3 Å². The van der Waals surface area contributed by atoms with Crippen molar-refractivity contribution >= 4 is 11.6 Å². The second-order valence-electron chi connectivity index (χ2n) is 6.16. The molecule has 0 radical (unpaired) electrons. The molecule has 0 aromatic heterocycles. The second kappa shape index (κ2) is 6.29. The predicted molar refractivity (Wildman–Crippen MR) is 84.2 cm³/mol. The first-order valence-corrected chi connectivity index (χ1v) is 7.62. The lowest BCUT2D eigenvalue weighted by atomic mass is 9.78. The molecule has 0 spiro atoms. The number of carbonyl (C=O) groups excluding carboxylic acids is 1. The Bertz CT molecular complexity index is 474. The third-order valence-electron chi connectivity index (χ3n) is 4.59. The molecule has 1 fully saturated rings. The normalized spacial score (nSPS) is 26.1. The molecule has 2 unspecified atom stereocenters. The molecule has 3 heteroatoms. The summed E-state index contributed by atoms with van der Waals surface area (Å²) in [6.07, 6.45) is 3.91. The molecule has 0 saturated heterocycles. The van der Waals surface area contributed by atoms with Crippen LogP contribution in [0.25, 0.3) is 0 Å². The summed E-state index contributed by atoms with van der Waals surface area (Å²) >= 11 is 0. The van der Waals surface area contributed by atoms with Crippen molar-refractivity contribution in [2.75, 3.05) is 12.4 Å². The van der Waals surface area contributed by atoms with Crippen LogP contribution in [0.5, 0.6) is 0 Å². The molecule has 1 amide bonds. The number of aryl methyl sites for hydroxylation is 1. The van der Waals surface area contributed by atoms with E-state index in [0.717, 1.165) is 11.3 Å². The molecule has 0 aliphatic heterocycles. The largest absolute Gasteiger partial charge is 0.382 e. The van der Waals surface area contributed by atoms with Crippen molar-refractivity contribution in [2.24, 2.45) is 11.8 Å². The van der Waals surface area contributed by atoms with Crippen molar-refractivity contribution < 1.29 is 4.79 Å². The highest BCUT2D eigenvalue weighted by Crippen LogP contribution is 2.32. The highest BCUT2D eigenvalue weighted by atomic mass is 16.1. The molecule has 110 valence electrons. The Morgan fingerprint density at radius 1 is 1.20 bits per heavy atom. The fourth-order valence-corrected chi connectivity index (χ4v) is 3.21. The van der Waals surface area contributed by atoms with Crippen molar-refractivity contribution in [1.82, 2.24) is 5.32 Å². The zero-order valence-electron chi connectivity index (χ0n) is 13.0. The van der Waals surface area contributed by atoms with Crippen LogP contribution in [-0.2, 0) is 0 Å². The number of amides is 1. The average Bonchev–Trinajstić information content (AvgIpc) is 2.44. The molecule has 0 heterocycles. The maximum atomic E-state index is 11.8. The van der Waals surface area contributed by atoms with Gasteiger partial charge in [-0.3, -0.25) is 4.79 Å². The Labute approximate surface area is 122 Å². The molecular formula is C17H26N2O. The fraction of sp³-hybridized carbons (Fsp3) is 0.588. The molecule has 0 bridgehead atoms. The standard InChI is InChI=1S/C17H26N2O/c1-11-8-9-14(17(20)18-4)10-15(11)19-16-12(2)6-5-7-13(16)3/h8-10,12-13,16,19H,5-7H2,1-4H3,(H,18,20). The van der Waals surface area contributed by atoms with E-state index in [2.05, 4.69) is 31.4 Å². The van der Waals surface area contributed by atoms with Crippen molar-refractivity contribution in [3.8, 4) is 0 Å². The quantitative estimate of drug-likeness (QED) is 0.884. The van der Waals surface area contributed by atoms with Gasteiger partial charge in [-0.25, -0.2) is 0 Å². The Kier molecular flexibility index (Phi) is 4.69. The van der Waals surface area contributed by atoms with E-state index in [0.29, 0.717) is 17.9 Å². The summed E-state index contributed by atoms with van der Waals surface area (Å²) in [6, 6.07) is 6.38. The Hall–Kier alpha value is -1.51. The third kappa shape index (κ3) is 3.14. The molecule has 1 aliphatic carbocycles. The first-order valence-electron chi connectivity index (χ1n) is 7.62. The maximum absolute atomic E-state index is 11.8. The van der Waals surface area contributed by atoms with Crippen molar-refractivity contribution in [3.05, 3.63) is 29.3 Å². The summed E-state index contributed by atoms with van der Waals surface area (Å²) in [5.41, 5.74) is 3.01. The predicted octanol–water partition coefficient (Wildman–Crippen LogP) is 3.59. The van der Waals surface area contributed by atoms with E-state index in [1.807, 2.05) is 18.2 Å². The van der Waals surface area contributed by atoms with Crippen LogP contribution in [0.2, 0.25) is 0 Å². The number of hydrogen-bond acceptors (Lipinski definition) is 2. The van der Waals surface area contributed by atoms with Crippen LogP contribution in [-0.4, -0.2) is 19.0 Å². The molecular weight excluding hydrogens is 248 g/mol. The van der Waals surface area contributed by atoms with E-state index >= 15 is 0 Å². The fourth-order valence-electron chi connectivity index (χ4n) is 3.21. The first kappa shape index (κ1) is 14.9. The van der Waals surface area contributed by atoms with Crippen LogP contribution in [0, 0.1) is 18.8 Å². The van der Waals surface area contributed by atoms with Crippen molar-refractivity contribution in [2.45, 2.75) is 46.1 Å². The van der Waals surface area contributed by atoms with Gasteiger partial charge in [0.25, 0.3) is 5.91 Å². The van der Waals surface area contributed by atoms with Gasteiger partial charge >= 0.3 is 0 Å². The Balaban J connectivity index is 2.21. The molecule has 2 rings (SSSR count). The van der Waals surface area contributed by atoms with Gasteiger partial charge in [0.15, 0.2) is 0 Å². The molecule has 3 nitrogen and oxygen atoms in total. The van der Waals surface area contributed by atoms with Crippen LogP contribution < -0.4 is 10.6 Å². The molecule has 2 N–H and O–H groups in total. The zero-order chi connectivity index (χ0) is 14.7. The second-order valence-corrected chi connectivity index (χ2v) is 6.16. The number of anilines is 1. The van der Waals surface area contributed by atoms with E-state index in [9.17, 15) is 4.79 Å². The van der Waals surface area contributed by atoms with Gasteiger partial charge in [0.1, 0.15) is 0 Å². The van der Waals surface area contributed by atoms with Crippen LogP contribution in [0.15, 0.2) is 18.2 Å². The van der Waals surface area contributed by atoms with E-state index in [4.69, 9.17) is 0 Å². The van der Waals surface area contributed by atoms with E-state index in [1.165, 1.54) is 24.8 Å². The van der Waals surface area contributed by atoms with E-state index < -0.39 is 0 Å². The van der Waals surface area contributed by atoms with Gasteiger partial charge in [-0.05, 0) is 49.3 Å². The number of benzene rings is 1. The minimum absolute atomic E-state index is 0.0298. The van der Waals surface area contributed by atoms with Crippen LogP contribution in [0.1, 0.15) is 49.0 Å². The summed E-state index contributed by atoms with van der Waals surface area (Å²) in [7, 11) is 1.67. The molecule has 1 aromatic rings. The summed E-state index contributed by atoms with van der Waals surface area (Å²) in [4.78, 5) is 11.8.